The van der Waals surface area contributed by atoms with Crippen molar-refractivity contribution < 1.29 is 54.9 Å². The summed E-state index contributed by atoms with van der Waals surface area (Å²) in [6.45, 7) is 2.86. The Labute approximate surface area is 326 Å². The van der Waals surface area contributed by atoms with Gasteiger partial charge >= 0.3 is 18.4 Å². The number of halogens is 7. The summed E-state index contributed by atoms with van der Waals surface area (Å²) in [6.07, 6.45) is -12.3. The van der Waals surface area contributed by atoms with Gasteiger partial charge in [-0.1, -0.05) is 48.5 Å². The van der Waals surface area contributed by atoms with Gasteiger partial charge in [0.1, 0.15) is 18.4 Å². The molecule has 1 N–H and O–H groups in total. The molecule has 5 aromatic rings. The largest absolute Gasteiger partial charge is 0.481 e. The number of nitrogens with zero attached hydrogens (tertiary/aromatic N) is 5. The fourth-order valence-corrected chi connectivity index (χ4v) is 7.00. The standard InChI is InChI=1S/C41H34F7N5O5/c1-21-11-24(35(55)34(54)23-7-5-4-6-8-23)9-10-30(21)26-14-31(37(57-3)49-16-26)32-17-50-38(52-18-29(42)19-52)51-33(32)20-53-22(2)36(58-39(53)56)25-12-27(40(43,44)45)15-28(13-25)41(46,47)48/h4-17,22,29,35-36,55H,18-20H2,1-3H3/t22-,35?,36-/m0/s1. The molecule has 0 radical (unpaired) electrons. The first-order chi connectivity index (χ1) is 27.4. The van der Waals surface area contributed by atoms with Crippen molar-refractivity contribution in [3.05, 3.63) is 124 Å². The summed E-state index contributed by atoms with van der Waals surface area (Å²) in [5.74, 6) is -0.234. The van der Waals surface area contributed by atoms with E-state index in [-0.39, 0.29) is 43.2 Å². The second kappa shape index (κ2) is 15.3. The fraction of sp³-hybridized carbons (Fsp3) is 0.293. The maximum Gasteiger partial charge on any atom is 0.416 e. The smallest absolute Gasteiger partial charge is 0.416 e. The number of alkyl halides is 7. The Hall–Kier alpha value is -6.10. The van der Waals surface area contributed by atoms with Gasteiger partial charge in [-0.15, -0.1) is 0 Å². The third-order valence-electron chi connectivity index (χ3n) is 10.1. The van der Waals surface area contributed by atoms with Crippen molar-refractivity contribution in [2.75, 3.05) is 25.1 Å². The van der Waals surface area contributed by atoms with Gasteiger partial charge in [-0.05, 0) is 60.4 Å². The summed E-state index contributed by atoms with van der Waals surface area (Å²) in [5.41, 5.74) is -0.142. The van der Waals surface area contributed by atoms with E-state index in [1.54, 1.807) is 72.6 Å². The summed E-state index contributed by atoms with van der Waals surface area (Å²) in [6, 6.07) is 15.1. The summed E-state index contributed by atoms with van der Waals surface area (Å²) < 4.78 is 107. The SMILES string of the molecule is COc1ncc(-c2ccc(C(O)C(=O)c3ccccc3)cc2C)cc1-c1cnc(N2CC(F)C2)nc1CN1C(=O)O[C@H](c2cc(C(F)(F)F)cc(C(F)(F)F)c2)[C@@H]1C. The van der Waals surface area contributed by atoms with Crippen molar-refractivity contribution in [2.24, 2.45) is 0 Å². The highest BCUT2D eigenvalue weighted by Gasteiger charge is 2.44. The molecule has 0 spiro atoms. The minimum absolute atomic E-state index is 0.00137. The number of hydrogen-bond donors (Lipinski definition) is 1. The Balaban J connectivity index is 1.24. The van der Waals surface area contributed by atoms with E-state index >= 15 is 0 Å². The van der Waals surface area contributed by atoms with E-state index in [9.17, 15) is 45.4 Å². The number of amides is 1. The molecule has 2 aromatic heterocycles. The highest BCUT2D eigenvalue weighted by molar-refractivity contribution is 6.00. The number of ketones is 1. The number of aliphatic hydroxyl groups excluding tert-OH is 1. The van der Waals surface area contributed by atoms with E-state index in [1.165, 1.54) is 20.2 Å². The monoisotopic (exact) mass is 809 g/mol. The molecule has 4 heterocycles. The number of carbonyl (C=O) groups is 2. The molecule has 10 nitrogen and oxygen atoms in total. The number of aliphatic hydroxyl groups is 1. The number of pyridine rings is 1. The summed E-state index contributed by atoms with van der Waals surface area (Å²) in [7, 11) is 1.38. The zero-order chi connectivity index (χ0) is 41.7. The van der Waals surface area contributed by atoms with Gasteiger partial charge in [0.05, 0.1) is 49.6 Å². The van der Waals surface area contributed by atoms with Crippen molar-refractivity contribution in [3.63, 3.8) is 0 Å². The molecule has 0 bridgehead atoms. The summed E-state index contributed by atoms with van der Waals surface area (Å²) >= 11 is 0. The predicted molar refractivity (Wildman–Crippen MR) is 196 cm³/mol. The lowest BCUT2D eigenvalue weighted by Gasteiger charge is -2.34. The van der Waals surface area contributed by atoms with Gasteiger partial charge in [0.15, 0.2) is 5.78 Å². The van der Waals surface area contributed by atoms with E-state index in [2.05, 4.69) is 15.0 Å². The molecular formula is C41H34F7N5O5. The van der Waals surface area contributed by atoms with Crippen LogP contribution in [0.15, 0.2) is 85.2 Å². The number of benzene rings is 3. The van der Waals surface area contributed by atoms with Crippen molar-refractivity contribution >= 4 is 17.8 Å². The van der Waals surface area contributed by atoms with Crippen molar-refractivity contribution in [3.8, 4) is 28.1 Å². The molecule has 2 aliphatic rings. The van der Waals surface area contributed by atoms with Crippen LogP contribution in [0.25, 0.3) is 22.3 Å². The molecule has 3 atom stereocenters. The zero-order valence-corrected chi connectivity index (χ0v) is 31.0. The van der Waals surface area contributed by atoms with Gasteiger partial charge < -0.3 is 19.5 Å². The molecule has 2 aliphatic heterocycles. The van der Waals surface area contributed by atoms with Gasteiger partial charge in [-0.3, -0.25) is 9.69 Å². The molecule has 302 valence electrons. The average Bonchev–Trinajstić information content (AvgIpc) is 3.46. The van der Waals surface area contributed by atoms with Crippen LogP contribution in [-0.2, 0) is 23.6 Å². The van der Waals surface area contributed by atoms with Crippen LogP contribution < -0.4 is 9.64 Å². The van der Waals surface area contributed by atoms with Crippen molar-refractivity contribution in [2.45, 2.75) is 57.2 Å². The molecule has 1 amide bonds. The minimum atomic E-state index is -5.12. The van der Waals surface area contributed by atoms with Crippen molar-refractivity contribution in [1.29, 1.82) is 0 Å². The van der Waals surface area contributed by atoms with Crippen molar-refractivity contribution in [1.82, 2.24) is 19.9 Å². The third-order valence-corrected chi connectivity index (χ3v) is 10.1. The third kappa shape index (κ3) is 7.90. The topological polar surface area (TPSA) is 118 Å². The molecule has 7 rings (SSSR count). The zero-order valence-electron chi connectivity index (χ0n) is 31.0. The van der Waals surface area contributed by atoms with E-state index in [0.717, 1.165) is 4.90 Å². The first-order valence-corrected chi connectivity index (χ1v) is 17.9. The number of Topliss-reactive ketones (excluding diaryl/α,β-unsaturated/α-hetero) is 1. The number of cyclic esters (lactones) is 1. The van der Waals surface area contributed by atoms with Gasteiger partial charge in [0.2, 0.25) is 11.8 Å². The average molecular weight is 810 g/mol. The highest BCUT2D eigenvalue weighted by atomic mass is 19.4. The normalized spacial score (nSPS) is 17.9. The number of rotatable bonds is 10. The van der Waals surface area contributed by atoms with Crippen LogP contribution in [0, 0.1) is 6.92 Å². The Kier molecular flexibility index (Phi) is 10.6. The Bertz CT molecular complexity index is 2340. The number of hydrogen-bond acceptors (Lipinski definition) is 9. The minimum Gasteiger partial charge on any atom is -0.481 e. The predicted octanol–water partition coefficient (Wildman–Crippen LogP) is 8.72. The molecule has 58 heavy (non-hydrogen) atoms. The maximum absolute atomic E-state index is 13.9. The summed E-state index contributed by atoms with van der Waals surface area (Å²) in [4.78, 5) is 42.6. The quantitative estimate of drug-likeness (QED) is 0.109. The molecule has 0 aliphatic carbocycles. The van der Waals surface area contributed by atoms with Crippen LogP contribution in [0.3, 0.4) is 0 Å². The molecule has 0 saturated carbocycles. The molecule has 2 fully saturated rings. The van der Waals surface area contributed by atoms with Crippen LogP contribution >= 0.6 is 0 Å². The molecular weight excluding hydrogens is 775 g/mol. The van der Waals surface area contributed by atoms with Gasteiger partial charge in [0, 0.05) is 34.6 Å². The number of ether oxygens (including phenoxy) is 2. The molecule has 1 unspecified atom stereocenters. The van der Waals surface area contributed by atoms with E-state index in [0.29, 0.717) is 51.1 Å². The van der Waals surface area contributed by atoms with Gasteiger partial charge in [-0.2, -0.15) is 26.3 Å². The molecule has 2 saturated heterocycles. The number of anilines is 1. The maximum atomic E-state index is 13.9. The van der Waals surface area contributed by atoms with Crippen LogP contribution in [-0.4, -0.2) is 69.2 Å². The van der Waals surface area contributed by atoms with Crippen LogP contribution in [0.2, 0.25) is 0 Å². The van der Waals surface area contributed by atoms with E-state index < -0.39 is 65.3 Å². The first kappa shape index (κ1) is 40.1. The second-order valence-electron chi connectivity index (χ2n) is 14.0. The lowest BCUT2D eigenvalue weighted by atomic mass is 9.93. The highest BCUT2D eigenvalue weighted by Crippen LogP contribution is 2.42. The number of methoxy groups -OCH3 is 1. The Morgan fingerprint density at radius 3 is 2.19 bits per heavy atom. The van der Waals surface area contributed by atoms with Gasteiger partial charge in [0.25, 0.3) is 0 Å². The lowest BCUT2D eigenvalue weighted by molar-refractivity contribution is -0.143. The first-order valence-electron chi connectivity index (χ1n) is 17.9. The number of aryl methyl sites for hydroxylation is 1. The van der Waals surface area contributed by atoms with Gasteiger partial charge in [-0.25, -0.2) is 24.1 Å². The number of aromatic nitrogens is 3. The second-order valence-corrected chi connectivity index (χ2v) is 14.0. The molecule has 3 aromatic carbocycles. The van der Waals surface area contributed by atoms with E-state index in [4.69, 9.17) is 9.47 Å². The lowest BCUT2D eigenvalue weighted by Crippen LogP contribution is -2.49. The Morgan fingerprint density at radius 1 is 0.914 bits per heavy atom. The van der Waals surface area contributed by atoms with Crippen LogP contribution in [0.1, 0.15) is 63.0 Å². The Morgan fingerprint density at radius 2 is 1.59 bits per heavy atom. The van der Waals surface area contributed by atoms with Crippen LogP contribution in [0.4, 0.5) is 41.5 Å². The summed E-state index contributed by atoms with van der Waals surface area (Å²) in [5, 5.41) is 10.9. The molecule has 17 heteroatoms. The van der Waals surface area contributed by atoms with Crippen LogP contribution in [0.5, 0.6) is 5.88 Å². The van der Waals surface area contributed by atoms with E-state index in [1.807, 2.05) is 0 Å². The fourth-order valence-electron chi connectivity index (χ4n) is 7.00. The number of carbonyl (C=O) groups excluding carboxylic acids is 2.